The molecule has 0 radical (unpaired) electrons. The Balaban J connectivity index is 1.65. The first-order valence-electron chi connectivity index (χ1n) is 7.73. The zero-order valence-corrected chi connectivity index (χ0v) is 11.7. The van der Waals surface area contributed by atoms with E-state index in [-0.39, 0.29) is 12.6 Å². The normalized spacial score (nSPS) is 24.7. The summed E-state index contributed by atoms with van der Waals surface area (Å²) < 4.78 is 0. The van der Waals surface area contributed by atoms with Gasteiger partial charge in [-0.25, -0.2) is 0 Å². The summed E-state index contributed by atoms with van der Waals surface area (Å²) in [4.78, 5) is 2.47. The summed E-state index contributed by atoms with van der Waals surface area (Å²) >= 11 is 0. The molecule has 1 aromatic rings. The third-order valence-electron chi connectivity index (χ3n) is 5.04. The molecule has 0 unspecified atom stereocenters. The number of likely N-dealkylation sites (tertiary alicyclic amines) is 1. The fourth-order valence-corrected chi connectivity index (χ4v) is 3.94. The van der Waals surface area contributed by atoms with E-state index in [2.05, 4.69) is 29.2 Å². The van der Waals surface area contributed by atoms with Gasteiger partial charge in [-0.3, -0.25) is 4.90 Å². The summed E-state index contributed by atoms with van der Waals surface area (Å²) in [7, 11) is 0. The molecule has 0 bridgehead atoms. The predicted molar refractivity (Wildman–Crippen MR) is 78.0 cm³/mol. The molecule has 1 aromatic carbocycles. The molecule has 2 aliphatic rings. The van der Waals surface area contributed by atoms with E-state index in [4.69, 9.17) is 0 Å². The Bertz CT molecular complexity index is 387. The maximum absolute atomic E-state index is 9.72. The summed E-state index contributed by atoms with van der Waals surface area (Å²) in [6.07, 6.45) is 8.45. The monoisotopic (exact) mass is 259 g/mol. The fourth-order valence-electron chi connectivity index (χ4n) is 3.94. The molecular formula is C17H25NO. The Morgan fingerprint density at radius 2 is 1.63 bits per heavy atom. The first-order chi connectivity index (χ1) is 9.33. The molecule has 3 rings (SSSR count). The van der Waals surface area contributed by atoms with E-state index in [1.807, 2.05) is 6.07 Å². The van der Waals surface area contributed by atoms with Gasteiger partial charge < -0.3 is 5.11 Å². The number of hydrogen-bond donors (Lipinski definition) is 1. The van der Waals surface area contributed by atoms with E-state index < -0.39 is 0 Å². The van der Waals surface area contributed by atoms with Crippen LogP contribution >= 0.6 is 0 Å². The Morgan fingerprint density at radius 1 is 1.00 bits per heavy atom. The van der Waals surface area contributed by atoms with E-state index in [1.54, 1.807) is 0 Å². The minimum atomic E-state index is 0.204. The van der Waals surface area contributed by atoms with Gasteiger partial charge in [0.2, 0.25) is 0 Å². The largest absolute Gasteiger partial charge is 0.394 e. The van der Waals surface area contributed by atoms with Crippen molar-refractivity contribution in [1.82, 2.24) is 4.90 Å². The number of aliphatic hydroxyl groups is 1. The van der Waals surface area contributed by atoms with Gasteiger partial charge in [0.15, 0.2) is 0 Å². The third-order valence-corrected chi connectivity index (χ3v) is 5.04. The molecule has 0 aromatic heterocycles. The molecular weight excluding hydrogens is 234 g/mol. The molecule has 1 spiro atoms. The fraction of sp³-hybridized carbons (Fsp3) is 0.647. The van der Waals surface area contributed by atoms with E-state index in [0.717, 1.165) is 0 Å². The van der Waals surface area contributed by atoms with Gasteiger partial charge in [-0.15, -0.1) is 0 Å². The molecule has 1 saturated heterocycles. The lowest BCUT2D eigenvalue weighted by molar-refractivity contribution is -0.0561. The lowest BCUT2D eigenvalue weighted by atomic mass is 9.72. The first-order valence-corrected chi connectivity index (χ1v) is 7.73. The highest BCUT2D eigenvalue weighted by atomic mass is 16.3. The van der Waals surface area contributed by atoms with Gasteiger partial charge in [0.1, 0.15) is 0 Å². The molecule has 1 atom stereocenters. The van der Waals surface area contributed by atoms with Crippen LogP contribution in [0, 0.1) is 5.41 Å². The van der Waals surface area contributed by atoms with Crippen molar-refractivity contribution in [2.45, 2.75) is 44.6 Å². The highest BCUT2D eigenvalue weighted by molar-refractivity contribution is 5.20. The quantitative estimate of drug-likeness (QED) is 0.899. The highest BCUT2D eigenvalue weighted by Crippen LogP contribution is 2.45. The van der Waals surface area contributed by atoms with Crippen LogP contribution in [0.25, 0.3) is 0 Å². The van der Waals surface area contributed by atoms with Crippen LogP contribution in [0.5, 0.6) is 0 Å². The Kier molecular flexibility index (Phi) is 3.90. The second-order valence-corrected chi connectivity index (χ2v) is 6.43. The van der Waals surface area contributed by atoms with Crippen LogP contribution in [0.4, 0.5) is 0 Å². The first kappa shape index (κ1) is 13.1. The lowest BCUT2D eigenvalue weighted by Crippen LogP contribution is -2.57. The van der Waals surface area contributed by atoms with Gasteiger partial charge in [0, 0.05) is 13.1 Å². The van der Waals surface area contributed by atoms with Crippen LogP contribution in [0.2, 0.25) is 0 Å². The van der Waals surface area contributed by atoms with Crippen LogP contribution in [0.15, 0.2) is 30.3 Å². The molecule has 0 amide bonds. The van der Waals surface area contributed by atoms with Crippen LogP contribution < -0.4 is 0 Å². The lowest BCUT2D eigenvalue weighted by Gasteiger charge is -2.53. The molecule has 104 valence electrons. The number of nitrogens with zero attached hydrogens (tertiary/aromatic N) is 1. The number of benzene rings is 1. The maximum atomic E-state index is 9.72. The smallest absolute Gasteiger partial charge is 0.0628 e. The third kappa shape index (κ3) is 2.70. The van der Waals surface area contributed by atoms with Crippen LogP contribution in [-0.4, -0.2) is 29.7 Å². The molecule has 2 nitrogen and oxygen atoms in total. The minimum Gasteiger partial charge on any atom is -0.394 e. The van der Waals surface area contributed by atoms with Crippen molar-refractivity contribution < 1.29 is 5.11 Å². The Labute approximate surface area is 116 Å². The molecule has 2 heteroatoms. The summed E-state index contributed by atoms with van der Waals surface area (Å²) in [6, 6.07) is 10.7. The second-order valence-electron chi connectivity index (χ2n) is 6.43. The van der Waals surface area contributed by atoms with Gasteiger partial charge in [0.25, 0.3) is 0 Å². The van der Waals surface area contributed by atoms with E-state index in [9.17, 15) is 5.11 Å². The minimum absolute atomic E-state index is 0.204. The van der Waals surface area contributed by atoms with Crippen molar-refractivity contribution in [3.05, 3.63) is 35.9 Å². The van der Waals surface area contributed by atoms with Gasteiger partial charge in [-0.1, -0.05) is 56.0 Å². The van der Waals surface area contributed by atoms with Crippen molar-refractivity contribution in [2.24, 2.45) is 5.41 Å². The van der Waals surface area contributed by atoms with Crippen LogP contribution in [0.3, 0.4) is 0 Å². The topological polar surface area (TPSA) is 23.5 Å². The SMILES string of the molecule is OC[C@H](c1ccccc1)N1CC2(CCCCCC2)C1. The standard InChI is InChI=1S/C17H25NO/c19-12-16(15-8-4-3-5-9-15)18-13-17(14-18)10-6-1-2-7-11-17/h3-5,8-9,16,19H,1-2,6-7,10-14H2/t16-/m1/s1. The van der Waals surface area contributed by atoms with Gasteiger partial charge >= 0.3 is 0 Å². The van der Waals surface area contributed by atoms with Crippen molar-refractivity contribution in [3.8, 4) is 0 Å². The molecule has 1 saturated carbocycles. The highest BCUT2D eigenvalue weighted by Gasteiger charge is 2.44. The summed E-state index contributed by atoms with van der Waals surface area (Å²) in [6.45, 7) is 2.61. The molecule has 1 aliphatic carbocycles. The molecule has 1 heterocycles. The maximum Gasteiger partial charge on any atom is 0.0628 e. The molecule has 2 fully saturated rings. The van der Waals surface area contributed by atoms with Crippen LogP contribution in [0.1, 0.15) is 50.1 Å². The van der Waals surface area contributed by atoms with E-state index in [1.165, 1.54) is 57.2 Å². The second kappa shape index (κ2) is 5.64. The number of hydrogen-bond acceptors (Lipinski definition) is 2. The van der Waals surface area contributed by atoms with Crippen molar-refractivity contribution in [1.29, 1.82) is 0 Å². The summed E-state index contributed by atoms with van der Waals surface area (Å²) in [5.74, 6) is 0. The zero-order valence-electron chi connectivity index (χ0n) is 11.7. The number of aliphatic hydroxyl groups excluding tert-OH is 1. The van der Waals surface area contributed by atoms with Crippen molar-refractivity contribution in [3.63, 3.8) is 0 Å². The Morgan fingerprint density at radius 3 is 2.21 bits per heavy atom. The summed E-state index contributed by atoms with van der Waals surface area (Å²) in [5.41, 5.74) is 1.84. The average molecular weight is 259 g/mol. The van der Waals surface area contributed by atoms with Gasteiger partial charge in [0.05, 0.1) is 12.6 Å². The molecule has 1 aliphatic heterocycles. The number of rotatable bonds is 3. The van der Waals surface area contributed by atoms with Crippen LogP contribution in [-0.2, 0) is 0 Å². The Hall–Kier alpha value is -0.860. The molecule has 19 heavy (non-hydrogen) atoms. The van der Waals surface area contributed by atoms with E-state index in [0.29, 0.717) is 5.41 Å². The predicted octanol–water partition coefficient (Wildman–Crippen LogP) is 3.38. The molecule has 1 N–H and O–H groups in total. The van der Waals surface area contributed by atoms with E-state index >= 15 is 0 Å². The van der Waals surface area contributed by atoms with Crippen molar-refractivity contribution >= 4 is 0 Å². The average Bonchev–Trinajstić information content (AvgIpc) is 2.66. The van der Waals surface area contributed by atoms with Gasteiger partial charge in [-0.2, -0.15) is 0 Å². The summed E-state index contributed by atoms with van der Waals surface area (Å²) in [5, 5.41) is 9.72. The zero-order chi connectivity index (χ0) is 13.1. The van der Waals surface area contributed by atoms with Crippen molar-refractivity contribution in [2.75, 3.05) is 19.7 Å². The van der Waals surface area contributed by atoms with Gasteiger partial charge in [-0.05, 0) is 23.8 Å².